The summed E-state index contributed by atoms with van der Waals surface area (Å²) < 4.78 is 10.6. The molecule has 0 amide bonds. The number of ether oxygens (including phenoxy) is 2. The maximum absolute atomic E-state index is 10.9. The van der Waals surface area contributed by atoms with Crippen LogP contribution in [0.3, 0.4) is 0 Å². The SMILES string of the molecule is COc1cc(OC)c(N2CSC(c3cccc([N+](=O)[O-])c3)=N2)cc1Cl. The molecule has 0 unspecified atom stereocenters. The van der Waals surface area contributed by atoms with Crippen LogP contribution in [0.5, 0.6) is 11.5 Å². The zero-order valence-corrected chi connectivity index (χ0v) is 15.0. The number of halogens is 1. The third kappa shape index (κ3) is 3.49. The molecule has 0 radical (unpaired) electrons. The highest BCUT2D eigenvalue weighted by Gasteiger charge is 2.23. The van der Waals surface area contributed by atoms with Gasteiger partial charge in [-0.2, -0.15) is 5.10 Å². The lowest BCUT2D eigenvalue weighted by molar-refractivity contribution is -0.384. The predicted molar refractivity (Wildman–Crippen MR) is 99.1 cm³/mol. The Balaban J connectivity index is 1.95. The van der Waals surface area contributed by atoms with Crippen molar-refractivity contribution >= 4 is 39.8 Å². The summed E-state index contributed by atoms with van der Waals surface area (Å²) in [6, 6.07) is 9.81. The molecule has 2 aromatic carbocycles. The second-order valence-electron chi connectivity index (χ2n) is 5.04. The Bertz CT molecular complexity index is 859. The molecule has 0 saturated heterocycles. The van der Waals surface area contributed by atoms with Crippen molar-refractivity contribution in [2.75, 3.05) is 25.1 Å². The monoisotopic (exact) mass is 379 g/mol. The van der Waals surface area contributed by atoms with Crippen LogP contribution in [0, 0.1) is 10.1 Å². The van der Waals surface area contributed by atoms with E-state index in [1.807, 2.05) is 0 Å². The lowest BCUT2D eigenvalue weighted by Gasteiger charge is -2.18. The summed E-state index contributed by atoms with van der Waals surface area (Å²) in [5.74, 6) is 1.62. The van der Waals surface area contributed by atoms with Gasteiger partial charge in [0.1, 0.15) is 22.2 Å². The van der Waals surface area contributed by atoms with E-state index in [1.165, 1.54) is 31.0 Å². The van der Waals surface area contributed by atoms with Gasteiger partial charge in [-0.25, -0.2) is 0 Å². The number of hydrazone groups is 1. The molecule has 3 rings (SSSR count). The fourth-order valence-electron chi connectivity index (χ4n) is 2.35. The highest BCUT2D eigenvalue weighted by Crippen LogP contribution is 2.40. The number of rotatable bonds is 5. The molecule has 1 aliphatic heterocycles. The quantitative estimate of drug-likeness (QED) is 0.574. The van der Waals surface area contributed by atoms with Crippen LogP contribution in [0.2, 0.25) is 5.02 Å². The van der Waals surface area contributed by atoms with Crippen molar-refractivity contribution in [1.29, 1.82) is 0 Å². The van der Waals surface area contributed by atoms with Crippen molar-refractivity contribution in [1.82, 2.24) is 0 Å². The van der Waals surface area contributed by atoms with Gasteiger partial charge in [-0.1, -0.05) is 35.5 Å². The molecule has 0 bridgehead atoms. The van der Waals surface area contributed by atoms with Crippen LogP contribution in [-0.2, 0) is 0 Å². The molecule has 0 spiro atoms. The Morgan fingerprint density at radius 3 is 2.68 bits per heavy atom. The van der Waals surface area contributed by atoms with E-state index in [0.717, 1.165) is 0 Å². The molecule has 1 heterocycles. The van der Waals surface area contributed by atoms with Gasteiger partial charge in [0, 0.05) is 23.8 Å². The minimum absolute atomic E-state index is 0.0318. The van der Waals surface area contributed by atoms with Crippen molar-refractivity contribution < 1.29 is 14.4 Å². The molecular weight excluding hydrogens is 366 g/mol. The number of hydrogen-bond acceptors (Lipinski definition) is 7. The van der Waals surface area contributed by atoms with E-state index >= 15 is 0 Å². The second kappa shape index (κ2) is 7.20. The summed E-state index contributed by atoms with van der Waals surface area (Å²) in [4.78, 5) is 10.5. The topological polar surface area (TPSA) is 77.2 Å². The minimum Gasteiger partial charge on any atom is -0.495 e. The maximum atomic E-state index is 10.9. The second-order valence-corrected chi connectivity index (χ2v) is 6.38. The lowest BCUT2D eigenvalue weighted by atomic mass is 10.2. The number of anilines is 1. The van der Waals surface area contributed by atoms with Crippen LogP contribution in [0.1, 0.15) is 5.56 Å². The van der Waals surface area contributed by atoms with Gasteiger partial charge >= 0.3 is 0 Å². The molecule has 0 aromatic heterocycles. The summed E-state index contributed by atoms with van der Waals surface area (Å²) in [6.07, 6.45) is 0. The summed E-state index contributed by atoms with van der Waals surface area (Å²) in [6.45, 7) is 0. The highest BCUT2D eigenvalue weighted by molar-refractivity contribution is 8.14. The average molecular weight is 380 g/mol. The van der Waals surface area contributed by atoms with E-state index in [4.69, 9.17) is 21.1 Å². The third-order valence-corrected chi connectivity index (χ3v) is 4.83. The average Bonchev–Trinajstić information content (AvgIpc) is 3.11. The highest BCUT2D eigenvalue weighted by atomic mass is 35.5. The first kappa shape index (κ1) is 17.4. The summed E-state index contributed by atoms with van der Waals surface area (Å²) in [5.41, 5.74) is 1.42. The number of non-ortho nitro benzene ring substituents is 1. The Kier molecular flexibility index (Phi) is 5.00. The van der Waals surface area contributed by atoms with Crippen molar-refractivity contribution in [3.05, 3.63) is 57.1 Å². The van der Waals surface area contributed by atoms with Crippen molar-refractivity contribution in [3.8, 4) is 11.5 Å². The van der Waals surface area contributed by atoms with E-state index in [-0.39, 0.29) is 5.69 Å². The van der Waals surface area contributed by atoms with Crippen LogP contribution in [-0.4, -0.2) is 30.1 Å². The number of benzene rings is 2. The zero-order valence-electron chi connectivity index (χ0n) is 13.4. The number of hydrogen-bond donors (Lipinski definition) is 0. The number of thioether (sulfide) groups is 1. The van der Waals surface area contributed by atoms with E-state index in [2.05, 4.69) is 5.10 Å². The van der Waals surface area contributed by atoms with Gasteiger partial charge in [0.05, 0.1) is 30.0 Å². The van der Waals surface area contributed by atoms with Gasteiger partial charge in [-0.3, -0.25) is 15.1 Å². The molecule has 7 nitrogen and oxygen atoms in total. The van der Waals surface area contributed by atoms with Gasteiger partial charge in [0.2, 0.25) is 0 Å². The van der Waals surface area contributed by atoms with Crippen LogP contribution in [0.4, 0.5) is 11.4 Å². The first-order valence-corrected chi connectivity index (χ1v) is 8.55. The zero-order chi connectivity index (χ0) is 18.0. The van der Waals surface area contributed by atoms with Crippen LogP contribution >= 0.6 is 23.4 Å². The third-order valence-electron chi connectivity index (χ3n) is 3.57. The Labute approximate surface area is 153 Å². The molecule has 0 fully saturated rings. The molecule has 25 heavy (non-hydrogen) atoms. The predicted octanol–water partition coefficient (Wildman–Crippen LogP) is 4.14. The summed E-state index contributed by atoms with van der Waals surface area (Å²) >= 11 is 7.69. The van der Waals surface area contributed by atoms with E-state index in [9.17, 15) is 10.1 Å². The molecule has 2 aromatic rings. The minimum atomic E-state index is -0.423. The van der Waals surface area contributed by atoms with Crippen molar-refractivity contribution in [2.24, 2.45) is 5.10 Å². The van der Waals surface area contributed by atoms with Gasteiger partial charge < -0.3 is 9.47 Å². The van der Waals surface area contributed by atoms with Gasteiger partial charge in [-0.05, 0) is 6.07 Å². The van der Waals surface area contributed by atoms with Gasteiger partial charge in [-0.15, -0.1) is 0 Å². The number of nitro groups is 1. The number of methoxy groups -OCH3 is 2. The van der Waals surface area contributed by atoms with Crippen LogP contribution in [0.15, 0.2) is 41.5 Å². The fourth-order valence-corrected chi connectivity index (χ4v) is 3.48. The normalized spacial score (nSPS) is 13.6. The van der Waals surface area contributed by atoms with Crippen molar-refractivity contribution in [3.63, 3.8) is 0 Å². The summed E-state index contributed by atoms with van der Waals surface area (Å²) in [5, 5.41) is 18.4. The van der Waals surface area contributed by atoms with Crippen molar-refractivity contribution in [2.45, 2.75) is 0 Å². The van der Waals surface area contributed by atoms with Gasteiger partial charge in [0.25, 0.3) is 5.69 Å². The van der Waals surface area contributed by atoms with E-state index in [1.54, 1.807) is 36.4 Å². The molecule has 130 valence electrons. The molecule has 0 saturated carbocycles. The molecular formula is C16H14ClN3O4S. The smallest absolute Gasteiger partial charge is 0.270 e. The number of nitro benzene ring substituents is 1. The Morgan fingerprint density at radius 2 is 2.00 bits per heavy atom. The molecule has 0 N–H and O–H groups in total. The van der Waals surface area contributed by atoms with Crippen LogP contribution < -0.4 is 14.5 Å². The van der Waals surface area contributed by atoms with E-state index in [0.29, 0.717) is 38.7 Å². The largest absolute Gasteiger partial charge is 0.495 e. The molecule has 0 atom stereocenters. The first-order chi connectivity index (χ1) is 12.0. The summed E-state index contributed by atoms with van der Waals surface area (Å²) in [7, 11) is 3.09. The molecule has 0 aliphatic carbocycles. The molecule has 1 aliphatic rings. The van der Waals surface area contributed by atoms with E-state index < -0.39 is 4.92 Å². The Hall–Kier alpha value is -2.45. The standard InChI is InChI=1S/C16H14ClN3O4S/c1-23-14-8-15(24-2)13(7-12(14)17)19-9-25-16(18-19)10-4-3-5-11(6-10)20(21)22/h3-8H,9H2,1-2H3. The maximum Gasteiger partial charge on any atom is 0.270 e. The first-order valence-electron chi connectivity index (χ1n) is 7.18. The Morgan fingerprint density at radius 1 is 1.24 bits per heavy atom. The van der Waals surface area contributed by atoms with Gasteiger partial charge in [0.15, 0.2) is 0 Å². The fraction of sp³-hybridized carbons (Fsp3) is 0.188. The molecule has 9 heteroatoms. The number of nitrogens with zero attached hydrogens (tertiary/aromatic N) is 3. The lowest BCUT2D eigenvalue weighted by Crippen LogP contribution is -2.12. The van der Waals surface area contributed by atoms with Crippen LogP contribution in [0.25, 0.3) is 0 Å².